The summed E-state index contributed by atoms with van der Waals surface area (Å²) >= 11 is 3.32. The SMILES string of the molecule is CC1Oc2ccc(Br)nc2N(Cc2ccncc2)C1=O. The van der Waals surface area contributed by atoms with Crippen LogP contribution in [0.5, 0.6) is 5.75 Å². The average Bonchev–Trinajstić information content (AvgIpc) is 2.46. The average molecular weight is 334 g/mol. The van der Waals surface area contributed by atoms with Gasteiger partial charge in [-0.1, -0.05) is 0 Å². The van der Waals surface area contributed by atoms with E-state index in [1.807, 2.05) is 18.2 Å². The highest BCUT2D eigenvalue weighted by Gasteiger charge is 2.32. The summed E-state index contributed by atoms with van der Waals surface area (Å²) in [6, 6.07) is 7.37. The van der Waals surface area contributed by atoms with Crippen molar-refractivity contribution >= 4 is 27.7 Å². The van der Waals surface area contributed by atoms with E-state index >= 15 is 0 Å². The molecule has 6 heteroatoms. The molecule has 1 atom stereocenters. The van der Waals surface area contributed by atoms with Crippen LogP contribution in [-0.4, -0.2) is 22.0 Å². The van der Waals surface area contributed by atoms with Crippen LogP contribution < -0.4 is 9.64 Å². The van der Waals surface area contributed by atoms with Gasteiger partial charge in [0, 0.05) is 12.4 Å². The molecule has 102 valence electrons. The van der Waals surface area contributed by atoms with Gasteiger partial charge in [0.1, 0.15) is 4.60 Å². The predicted molar refractivity (Wildman–Crippen MR) is 77.5 cm³/mol. The van der Waals surface area contributed by atoms with Crippen molar-refractivity contribution in [2.75, 3.05) is 4.90 Å². The molecule has 2 aromatic rings. The van der Waals surface area contributed by atoms with Gasteiger partial charge in [0.05, 0.1) is 6.54 Å². The summed E-state index contributed by atoms with van der Waals surface area (Å²) in [7, 11) is 0. The van der Waals surface area contributed by atoms with Gasteiger partial charge in [-0.05, 0) is 52.7 Å². The minimum atomic E-state index is -0.507. The first-order valence-electron chi connectivity index (χ1n) is 6.18. The van der Waals surface area contributed by atoms with Gasteiger partial charge in [0.25, 0.3) is 5.91 Å². The lowest BCUT2D eigenvalue weighted by Crippen LogP contribution is -2.44. The van der Waals surface area contributed by atoms with Crippen LogP contribution in [0.2, 0.25) is 0 Å². The Bertz CT molecular complexity index is 648. The Kier molecular flexibility index (Phi) is 3.40. The maximum absolute atomic E-state index is 12.3. The first-order chi connectivity index (χ1) is 9.65. The molecule has 0 aromatic carbocycles. The Hall–Kier alpha value is -1.95. The number of ether oxygens (including phenoxy) is 1. The van der Waals surface area contributed by atoms with Gasteiger partial charge >= 0.3 is 0 Å². The van der Waals surface area contributed by atoms with Crippen LogP contribution in [0, 0.1) is 0 Å². The van der Waals surface area contributed by atoms with Crippen molar-refractivity contribution in [3.63, 3.8) is 0 Å². The monoisotopic (exact) mass is 333 g/mol. The van der Waals surface area contributed by atoms with Crippen LogP contribution in [0.15, 0.2) is 41.3 Å². The molecule has 0 fully saturated rings. The zero-order valence-corrected chi connectivity index (χ0v) is 12.4. The molecule has 0 aliphatic carbocycles. The van der Waals surface area contributed by atoms with Crippen molar-refractivity contribution in [3.05, 3.63) is 46.8 Å². The maximum atomic E-state index is 12.3. The van der Waals surface area contributed by atoms with Crippen molar-refractivity contribution in [1.82, 2.24) is 9.97 Å². The standard InChI is InChI=1S/C14H12BrN3O2/c1-9-14(19)18(8-10-4-6-16-7-5-10)13-11(20-9)2-3-12(15)17-13/h2-7,9H,8H2,1H3. The van der Waals surface area contributed by atoms with Crippen molar-refractivity contribution in [2.45, 2.75) is 19.6 Å². The van der Waals surface area contributed by atoms with Gasteiger partial charge < -0.3 is 4.74 Å². The van der Waals surface area contributed by atoms with Crippen LogP contribution in [-0.2, 0) is 11.3 Å². The summed E-state index contributed by atoms with van der Waals surface area (Å²) in [5.41, 5.74) is 0.996. The van der Waals surface area contributed by atoms with Crippen LogP contribution in [0.3, 0.4) is 0 Å². The molecule has 0 radical (unpaired) electrons. The number of anilines is 1. The number of carbonyl (C=O) groups is 1. The molecule has 0 bridgehead atoms. The lowest BCUT2D eigenvalue weighted by atomic mass is 10.2. The van der Waals surface area contributed by atoms with Gasteiger partial charge in [0.15, 0.2) is 17.7 Å². The van der Waals surface area contributed by atoms with Crippen LogP contribution >= 0.6 is 15.9 Å². The van der Waals surface area contributed by atoms with Crippen molar-refractivity contribution in [2.24, 2.45) is 0 Å². The Morgan fingerprint density at radius 3 is 2.80 bits per heavy atom. The van der Waals surface area contributed by atoms with Gasteiger partial charge in [-0.2, -0.15) is 0 Å². The van der Waals surface area contributed by atoms with E-state index in [0.717, 1.165) is 5.56 Å². The molecule has 0 saturated carbocycles. The fraction of sp³-hybridized carbons (Fsp3) is 0.214. The molecule has 1 aliphatic heterocycles. The van der Waals surface area contributed by atoms with E-state index in [0.29, 0.717) is 22.7 Å². The highest BCUT2D eigenvalue weighted by molar-refractivity contribution is 9.10. The molecular formula is C14H12BrN3O2. The smallest absolute Gasteiger partial charge is 0.269 e. The third-order valence-corrected chi connectivity index (χ3v) is 3.51. The number of carbonyl (C=O) groups excluding carboxylic acids is 1. The van der Waals surface area contributed by atoms with Crippen molar-refractivity contribution in [1.29, 1.82) is 0 Å². The number of rotatable bonds is 2. The minimum absolute atomic E-state index is 0.0973. The summed E-state index contributed by atoms with van der Waals surface area (Å²) in [5.74, 6) is 1.06. The Morgan fingerprint density at radius 1 is 1.30 bits per heavy atom. The number of fused-ring (bicyclic) bond motifs is 1. The van der Waals surface area contributed by atoms with E-state index in [1.54, 1.807) is 30.3 Å². The summed E-state index contributed by atoms with van der Waals surface area (Å²) in [6.07, 6.45) is 2.91. The number of halogens is 1. The van der Waals surface area contributed by atoms with Crippen LogP contribution in [0.25, 0.3) is 0 Å². The second kappa shape index (κ2) is 5.20. The summed E-state index contributed by atoms with van der Waals surface area (Å²) in [6.45, 7) is 2.19. The van der Waals surface area contributed by atoms with Gasteiger partial charge in [-0.15, -0.1) is 0 Å². The largest absolute Gasteiger partial charge is 0.477 e. The molecule has 1 unspecified atom stereocenters. The lowest BCUT2D eigenvalue weighted by molar-refractivity contribution is -0.125. The molecule has 1 amide bonds. The Balaban J connectivity index is 2.00. The molecule has 0 saturated heterocycles. The number of hydrogen-bond donors (Lipinski definition) is 0. The minimum Gasteiger partial charge on any atom is -0.477 e. The van der Waals surface area contributed by atoms with Gasteiger partial charge in [0.2, 0.25) is 0 Å². The van der Waals surface area contributed by atoms with Crippen molar-refractivity contribution in [3.8, 4) is 5.75 Å². The molecule has 1 aliphatic rings. The Morgan fingerprint density at radius 2 is 2.05 bits per heavy atom. The van der Waals surface area contributed by atoms with E-state index in [4.69, 9.17) is 4.74 Å². The third-order valence-electron chi connectivity index (χ3n) is 3.07. The molecule has 3 rings (SSSR count). The molecule has 20 heavy (non-hydrogen) atoms. The fourth-order valence-corrected chi connectivity index (χ4v) is 2.39. The number of pyridine rings is 2. The lowest BCUT2D eigenvalue weighted by Gasteiger charge is -2.32. The van der Waals surface area contributed by atoms with Gasteiger partial charge in [-0.3, -0.25) is 14.7 Å². The second-order valence-corrected chi connectivity index (χ2v) is 5.31. The molecule has 3 heterocycles. The summed E-state index contributed by atoms with van der Waals surface area (Å²) in [5, 5.41) is 0. The van der Waals surface area contributed by atoms with E-state index in [2.05, 4.69) is 25.9 Å². The number of aromatic nitrogens is 2. The second-order valence-electron chi connectivity index (χ2n) is 4.50. The normalized spacial score (nSPS) is 17.6. The van der Waals surface area contributed by atoms with E-state index < -0.39 is 6.10 Å². The van der Waals surface area contributed by atoms with E-state index in [9.17, 15) is 4.79 Å². The molecule has 5 nitrogen and oxygen atoms in total. The zero-order chi connectivity index (χ0) is 14.1. The summed E-state index contributed by atoms with van der Waals surface area (Å²) < 4.78 is 6.25. The molecule has 0 spiro atoms. The maximum Gasteiger partial charge on any atom is 0.269 e. The number of nitrogens with zero attached hydrogens (tertiary/aromatic N) is 3. The molecule has 0 N–H and O–H groups in total. The predicted octanol–water partition coefficient (Wildman–Crippen LogP) is 2.55. The van der Waals surface area contributed by atoms with Crippen LogP contribution in [0.4, 0.5) is 5.82 Å². The van der Waals surface area contributed by atoms with Gasteiger partial charge in [-0.25, -0.2) is 4.98 Å². The number of amides is 1. The van der Waals surface area contributed by atoms with Crippen molar-refractivity contribution < 1.29 is 9.53 Å². The van der Waals surface area contributed by atoms with Crippen LogP contribution in [0.1, 0.15) is 12.5 Å². The molecule has 2 aromatic heterocycles. The highest BCUT2D eigenvalue weighted by atomic mass is 79.9. The quantitative estimate of drug-likeness (QED) is 0.792. The Labute approximate surface area is 124 Å². The first kappa shape index (κ1) is 13.1. The topological polar surface area (TPSA) is 55.3 Å². The zero-order valence-electron chi connectivity index (χ0n) is 10.8. The van der Waals surface area contributed by atoms with E-state index in [1.165, 1.54) is 0 Å². The highest BCUT2D eigenvalue weighted by Crippen LogP contribution is 2.34. The fourth-order valence-electron chi connectivity index (χ4n) is 2.09. The van der Waals surface area contributed by atoms with E-state index in [-0.39, 0.29) is 5.91 Å². The first-order valence-corrected chi connectivity index (χ1v) is 6.98. The molecular weight excluding hydrogens is 322 g/mol. The number of hydrogen-bond acceptors (Lipinski definition) is 4. The third kappa shape index (κ3) is 2.38. The summed E-state index contributed by atoms with van der Waals surface area (Å²) in [4.78, 5) is 22.3.